The highest BCUT2D eigenvalue weighted by atomic mass is 19.1. The van der Waals surface area contributed by atoms with E-state index in [2.05, 4.69) is 18.3 Å². The molecule has 30 heavy (non-hydrogen) atoms. The van der Waals surface area contributed by atoms with E-state index in [1.165, 1.54) is 6.07 Å². The molecule has 0 fully saturated rings. The molecule has 0 aliphatic heterocycles. The number of pyridine rings is 1. The Labute approximate surface area is 174 Å². The first-order chi connectivity index (χ1) is 14.5. The summed E-state index contributed by atoms with van der Waals surface area (Å²) in [5.74, 6) is 0.417. The Hall–Kier alpha value is -3.48. The van der Waals surface area contributed by atoms with Gasteiger partial charge in [-0.1, -0.05) is 18.2 Å². The van der Waals surface area contributed by atoms with Gasteiger partial charge in [0.1, 0.15) is 5.82 Å². The molecule has 1 amide bonds. The van der Waals surface area contributed by atoms with Gasteiger partial charge in [-0.15, -0.1) is 0 Å². The second-order valence-corrected chi connectivity index (χ2v) is 7.39. The molecule has 0 aliphatic rings. The number of aromatic nitrogens is 4. The van der Waals surface area contributed by atoms with Gasteiger partial charge in [-0.25, -0.2) is 14.1 Å². The average molecular weight is 405 g/mol. The molecule has 0 saturated heterocycles. The summed E-state index contributed by atoms with van der Waals surface area (Å²) in [6.07, 6.45) is 4.86. The molecule has 0 radical (unpaired) electrons. The molecule has 3 heterocycles. The molecule has 4 rings (SSSR count). The van der Waals surface area contributed by atoms with Crippen LogP contribution >= 0.6 is 0 Å². The van der Waals surface area contributed by atoms with Crippen molar-refractivity contribution in [2.75, 3.05) is 0 Å². The second kappa shape index (κ2) is 8.49. The number of rotatable bonds is 7. The quantitative estimate of drug-likeness (QED) is 0.504. The lowest BCUT2D eigenvalue weighted by molar-refractivity contribution is -0.121. The molecule has 0 aliphatic carbocycles. The standard InChI is InChI=1S/C23H24FN5O/c1-16-14-17(2)26-22-21(16)23(28-11-5-6-12-28)27-29(22)13-7-10-20(30)25-15-18-8-3-4-9-19(18)24/h3-6,8-9,11-12,14H,7,10,13,15H2,1-2H3,(H,25,30). The number of amides is 1. The van der Waals surface area contributed by atoms with E-state index >= 15 is 0 Å². The molecule has 0 atom stereocenters. The van der Waals surface area contributed by atoms with Gasteiger partial charge in [0.25, 0.3) is 0 Å². The first-order valence-electron chi connectivity index (χ1n) is 10.0. The zero-order chi connectivity index (χ0) is 21.1. The molecule has 1 N–H and O–H groups in total. The van der Waals surface area contributed by atoms with Gasteiger partial charge in [-0.3, -0.25) is 4.79 Å². The maximum atomic E-state index is 13.7. The number of hydrogen-bond donors (Lipinski definition) is 1. The molecule has 6 nitrogen and oxygen atoms in total. The van der Waals surface area contributed by atoms with Crippen LogP contribution in [0.2, 0.25) is 0 Å². The van der Waals surface area contributed by atoms with Crippen molar-refractivity contribution >= 4 is 16.9 Å². The Kier molecular flexibility index (Phi) is 5.61. The minimum Gasteiger partial charge on any atom is -0.352 e. The molecule has 0 bridgehead atoms. The van der Waals surface area contributed by atoms with Crippen molar-refractivity contribution in [1.82, 2.24) is 24.6 Å². The largest absolute Gasteiger partial charge is 0.352 e. The van der Waals surface area contributed by atoms with Crippen LogP contribution in [0.1, 0.15) is 29.7 Å². The van der Waals surface area contributed by atoms with Gasteiger partial charge < -0.3 is 9.88 Å². The van der Waals surface area contributed by atoms with Gasteiger partial charge in [0.05, 0.1) is 5.39 Å². The molecule has 3 aromatic heterocycles. The Morgan fingerprint density at radius 3 is 2.67 bits per heavy atom. The monoisotopic (exact) mass is 405 g/mol. The van der Waals surface area contributed by atoms with Crippen LogP contribution in [0.15, 0.2) is 54.9 Å². The van der Waals surface area contributed by atoms with Crippen LogP contribution in [0.3, 0.4) is 0 Å². The average Bonchev–Trinajstić information content (AvgIpc) is 3.36. The summed E-state index contributed by atoms with van der Waals surface area (Å²) in [6.45, 7) is 4.79. The van der Waals surface area contributed by atoms with Crippen molar-refractivity contribution in [2.45, 2.75) is 39.8 Å². The molecule has 0 saturated carbocycles. The SMILES string of the molecule is Cc1cc(C)c2c(-n3cccc3)nn(CCCC(=O)NCc3ccccc3F)c2n1. The van der Waals surface area contributed by atoms with E-state index in [-0.39, 0.29) is 18.3 Å². The summed E-state index contributed by atoms with van der Waals surface area (Å²) >= 11 is 0. The number of halogens is 1. The van der Waals surface area contributed by atoms with Crippen LogP contribution in [-0.2, 0) is 17.9 Å². The number of hydrogen-bond acceptors (Lipinski definition) is 3. The summed E-state index contributed by atoms with van der Waals surface area (Å²) in [5, 5.41) is 8.57. The van der Waals surface area contributed by atoms with E-state index in [0.29, 0.717) is 24.9 Å². The summed E-state index contributed by atoms with van der Waals surface area (Å²) in [4.78, 5) is 16.9. The lowest BCUT2D eigenvalue weighted by atomic mass is 10.1. The number of carbonyl (C=O) groups excluding carboxylic acids is 1. The maximum absolute atomic E-state index is 13.7. The van der Waals surface area contributed by atoms with Gasteiger partial charge in [-0.05, 0) is 50.1 Å². The van der Waals surface area contributed by atoms with E-state index in [1.807, 2.05) is 40.7 Å². The summed E-state index contributed by atoms with van der Waals surface area (Å²) in [6, 6.07) is 12.4. The Bertz CT molecular complexity index is 1180. The van der Waals surface area contributed by atoms with Crippen molar-refractivity contribution < 1.29 is 9.18 Å². The Morgan fingerprint density at radius 2 is 1.90 bits per heavy atom. The summed E-state index contributed by atoms with van der Waals surface area (Å²) < 4.78 is 17.5. The number of benzene rings is 1. The molecule has 154 valence electrons. The smallest absolute Gasteiger partial charge is 0.220 e. The minimum atomic E-state index is -0.310. The van der Waals surface area contributed by atoms with Crippen LogP contribution in [-0.4, -0.2) is 25.2 Å². The third-order valence-corrected chi connectivity index (χ3v) is 5.07. The van der Waals surface area contributed by atoms with E-state index in [1.54, 1.807) is 18.2 Å². The van der Waals surface area contributed by atoms with Gasteiger partial charge >= 0.3 is 0 Å². The normalized spacial score (nSPS) is 11.2. The fourth-order valence-electron chi connectivity index (χ4n) is 3.62. The number of nitrogens with one attached hydrogen (secondary N) is 1. The number of aryl methyl sites for hydroxylation is 3. The fraction of sp³-hybridized carbons (Fsp3) is 0.261. The number of carbonyl (C=O) groups is 1. The highest BCUT2D eigenvalue weighted by Crippen LogP contribution is 2.25. The zero-order valence-corrected chi connectivity index (χ0v) is 17.1. The van der Waals surface area contributed by atoms with E-state index in [9.17, 15) is 9.18 Å². The molecule has 0 spiro atoms. The highest BCUT2D eigenvalue weighted by molar-refractivity contribution is 5.87. The minimum absolute atomic E-state index is 0.110. The van der Waals surface area contributed by atoms with Gasteiger partial charge in [0.15, 0.2) is 11.5 Å². The zero-order valence-electron chi connectivity index (χ0n) is 17.1. The number of nitrogens with zero attached hydrogens (tertiary/aromatic N) is 4. The Balaban J connectivity index is 1.45. The Morgan fingerprint density at radius 1 is 1.13 bits per heavy atom. The van der Waals surface area contributed by atoms with Gasteiger partial charge in [0.2, 0.25) is 5.91 Å². The first kappa shape index (κ1) is 19.8. The van der Waals surface area contributed by atoms with Gasteiger partial charge in [-0.2, -0.15) is 5.10 Å². The van der Waals surface area contributed by atoms with Crippen LogP contribution in [0, 0.1) is 19.7 Å². The van der Waals surface area contributed by atoms with Crippen molar-refractivity contribution in [3.05, 3.63) is 77.5 Å². The van der Waals surface area contributed by atoms with Crippen molar-refractivity contribution in [3.63, 3.8) is 0 Å². The third-order valence-electron chi connectivity index (χ3n) is 5.07. The predicted octanol–water partition coefficient (Wildman–Crippen LogP) is 4.07. The topological polar surface area (TPSA) is 64.7 Å². The molecule has 7 heteroatoms. The maximum Gasteiger partial charge on any atom is 0.220 e. The van der Waals surface area contributed by atoms with Crippen molar-refractivity contribution in [1.29, 1.82) is 0 Å². The summed E-state index contributed by atoms with van der Waals surface area (Å²) in [5.41, 5.74) is 3.36. The van der Waals surface area contributed by atoms with E-state index < -0.39 is 0 Å². The van der Waals surface area contributed by atoms with Crippen LogP contribution in [0.5, 0.6) is 0 Å². The number of fused-ring (bicyclic) bond motifs is 1. The lowest BCUT2D eigenvalue weighted by Crippen LogP contribution is -2.23. The van der Waals surface area contributed by atoms with Crippen molar-refractivity contribution in [2.24, 2.45) is 0 Å². The van der Waals surface area contributed by atoms with E-state index in [0.717, 1.165) is 28.1 Å². The lowest BCUT2D eigenvalue weighted by Gasteiger charge is -2.07. The first-order valence-corrected chi connectivity index (χ1v) is 10.0. The fourth-order valence-corrected chi connectivity index (χ4v) is 3.62. The molecule has 4 aromatic rings. The van der Waals surface area contributed by atoms with Crippen molar-refractivity contribution in [3.8, 4) is 5.82 Å². The summed E-state index contributed by atoms with van der Waals surface area (Å²) in [7, 11) is 0. The van der Waals surface area contributed by atoms with Crippen LogP contribution in [0.25, 0.3) is 16.9 Å². The molecule has 0 unspecified atom stereocenters. The van der Waals surface area contributed by atoms with Crippen LogP contribution < -0.4 is 5.32 Å². The predicted molar refractivity (Wildman–Crippen MR) is 114 cm³/mol. The molecular weight excluding hydrogens is 381 g/mol. The molecular formula is C23H24FN5O. The molecule has 1 aromatic carbocycles. The van der Waals surface area contributed by atoms with Crippen LogP contribution in [0.4, 0.5) is 4.39 Å². The van der Waals surface area contributed by atoms with Gasteiger partial charge in [0, 0.05) is 43.2 Å². The second-order valence-electron chi connectivity index (χ2n) is 7.39. The van der Waals surface area contributed by atoms with E-state index in [4.69, 9.17) is 10.1 Å². The third kappa shape index (κ3) is 4.10. The highest BCUT2D eigenvalue weighted by Gasteiger charge is 2.16.